The first-order chi connectivity index (χ1) is 9.52. The minimum absolute atomic E-state index is 0.120. The van der Waals surface area contributed by atoms with E-state index in [0.29, 0.717) is 17.4 Å². The maximum Gasteiger partial charge on any atom is 0.278 e. The molecule has 2 aromatic heterocycles. The predicted molar refractivity (Wildman–Crippen MR) is 82.8 cm³/mol. The second-order valence-corrected chi connectivity index (χ2v) is 5.45. The quantitative estimate of drug-likeness (QED) is 0.868. The van der Waals surface area contributed by atoms with Gasteiger partial charge in [-0.05, 0) is 26.0 Å². The molecule has 2 aromatic rings. The van der Waals surface area contributed by atoms with E-state index in [1.165, 1.54) is 11.3 Å². The highest BCUT2D eigenvalue weighted by atomic mass is 32.1. The zero-order valence-corrected chi connectivity index (χ0v) is 12.9. The molecule has 0 atom stereocenters. The topological polar surface area (TPSA) is 49.3 Å². The number of pyridine rings is 1. The van der Waals surface area contributed by atoms with E-state index < -0.39 is 0 Å². The Morgan fingerprint density at radius 1 is 1.40 bits per heavy atom. The Kier molecular flexibility index (Phi) is 4.34. The van der Waals surface area contributed by atoms with Crippen LogP contribution in [0.2, 0.25) is 0 Å². The lowest BCUT2D eigenvalue weighted by atomic mass is 10.2. The number of amides is 1. The maximum absolute atomic E-state index is 12.6. The molecule has 5 nitrogen and oxygen atoms in total. The summed E-state index contributed by atoms with van der Waals surface area (Å²) in [5.41, 5.74) is 2.31. The van der Waals surface area contributed by atoms with Crippen LogP contribution in [0.1, 0.15) is 23.1 Å². The third kappa shape index (κ3) is 2.96. The lowest BCUT2D eigenvalue weighted by molar-refractivity contribution is 0.0983. The average Bonchev–Trinajstić information content (AvgIpc) is 2.86. The number of thiazole rings is 1. The zero-order valence-electron chi connectivity index (χ0n) is 12.1. The van der Waals surface area contributed by atoms with Gasteiger partial charge in [-0.2, -0.15) is 0 Å². The highest BCUT2D eigenvalue weighted by molar-refractivity contribution is 7.14. The minimum Gasteiger partial charge on any atom is -0.378 e. The highest BCUT2D eigenvalue weighted by Crippen LogP contribution is 2.22. The van der Waals surface area contributed by atoms with Gasteiger partial charge >= 0.3 is 0 Å². The molecule has 0 radical (unpaired) electrons. The third-order valence-electron chi connectivity index (χ3n) is 2.88. The molecule has 106 valence electrons. The van der Waals surface area contributed by atoms with Gasteiger partial charge in [0.25, 0.3) is 5.91 Å². The van der Waals surface area contributed by atoms with E-state index in [0.717, 1.165) is 11.4 Å². The lowest BCUT2D eigenvalue weighted by Gasteiger charge is -2.18. The van der Waals surface area contributed by atoms with Crippen molar-refractivity contribution in [3.05, 3.63) is 35.1 Å². The molecule has 0 aliphatic carbocycles. The lowest BCUT2D eigenvalue weighted by Crippen LogP contribution is -2.31. The molecule has 0 aromatic carbocycles. The first kappa shape index (κ1) is 14.5. The Bertz CT molecular complexity index is 609. The van der Waals surface area contributed by atoms with Crippen molar-refractivity contribution in [3.8, 4) is 0 Å². The van der Waals surface area contributed by atoms with Crippen LogP contribution >= 0.6 is 11.3 Å². The van der Waals surface area contributed by atoms with Gasteiger partial charge in [-0.3, -0.25) is 14.7 Å². The molecule has 0 N–H and O–H groups in total. The molecule has 20 heavy (non-hydrogen) atoms. The molecule has 2 heterocycles. The van der Waals surface area contributed by atoms with Gasteiger partial charge < -0.3 is 4.90 Å². The van der Waals surface area contributed by atoms with Crippen molar-refractivity contribution in [1.82, 2.24) is 9.97 Å². The molecule has 0 fully saturated rings. The van der Waals surface area contributed by atoms with E-state index >= 15 is 0 Å². The number of aromatic nitrogens is 2. The van der Waals surface area contributed by atoms with Crippen LogP contribution < -0.4 is 9.80 Å². The van der Waals surface area contributed by atoms with Gasteiger partial charge in [0.1, 0.15) is 5.69 Å². The summed E-state index contributed by atoms with van der Waals surface area (Å²) in [7, 11) is 3.87. The number of carbonyl (C=O) groups is 1. The summed E-state index contributed by atoms with van der Waals surface area (Å²) in [6.07, 6.45) is 1.66. The van der Waals surface area contributed by atoms with E-state index in [1.807, 2.05) is 44.3 Å². The van der Waals surface area contributed by atoms with Crippen molar-refractivity contribution >= 4 is 28.1 Å². The molecule has 0 aliphatic rings. The van der Waals surface area contributed by atoms with Gasteiger partial charge in [0.05, 0.1) is 5.69 Å². The Hall–Kier alpha value is -1.95. The number of hydrogen-bond acceptors (Lipinski definition) is 5. The number of aryl methyl sites for hydroxylation is 1. The van der Waals surface area contributed by atoms with Gasteiger partial charge in [0.2, 0.25) is 0 Å². The van der Waals surface area contributed by atoms with E-state index in [9.17, 15) is 4.79 Å². The van der Waals surface area contributed by atoms with Crippen molar-refractivity contribution in [1.29, 1.82) is 0 Å². The van der Waals surface area contributed by atoms with Crippen LogP contribution in [-0.4, -0.2) is 36.5 Å². The standard InChI is InChI=1S/C14H18N4OS/c1-5-18(14-16-10(2)9-20-14)13(19)12-8-11(17(3)4)6-7-15-12/h6-9H,5H2,1-4H3. The van der Waals surface area contributed by atoms with Crippen molar-refractivity contribution in [2.24, 2.45) is 0 Å². The molecule has 2 rings (SSSR count). The minimum atomic E-state index is -0.120. The monoisotopic (exact) mass is 290 g/mol. The van der Waals surface area contributed by atoms with Crippen LogP contribution in [-0.2, 0) is 0 Å². The largest absolute Gasteiger partial charge is 0.378 e. The van der Waals surface area contributed by atoms with Crippen molar-refractivity contribution in [3.63, 3.8) is 0 Å². The van der Waals surface area contributed by atoms with E-state index in [-0.39, 0.29) is 5.91 Å². The fraction of sp³-hybridized carbons (Fsp3) is 0.357. The molecule has 6 heteroatoms. The summed E-state index contributed by atoms with van der Waals surface area (Å²) in [5, 5.41) is 2.65. The number of rotatable bonds is 4. The second kappa shape index (κ2) is 6.00. The summed E-state index contributed by atoms with van der Waals surface area (Å²) in [5.74, 6) is -0.120. The molecule has 0 aliphatic heterocycles. The van der Waals surface area contributed by atoms with Gasteiger partial charge in [0.15, 0.2) is 5.13 Å². The summed E-state index contributed by atoms with van der Waals surface area (Å²) >= 11 is 1.47. The Balaban J connectivity index is 2.31. The van der Waals surface area contributed by atoms with Crippen LogP contribution in [0, 0.1) is 6.92 Å². The summed E-state index contributed by atoms with van der Waals surface area (Å²) < 4.78 is 0. The fourth-order valence-electron chi connectivity index (χ4n) is 1.78. The first-order valence-electron chi connectivity index (χ1n) is 6.40. The number of anilines is 2. The van der Waals surface area contributed by atoms with Crippen molar-refractivity contribution in [2.45, 2.75) is 13.8 Å². The molecule has 0 saturated carbocycles. The molecule has 0 saturated heterocycles. The second-order valence-electron chi connectivity index (χ2n) is 4.61. The summed E-state index contributed by atoms with van der Waals surface area (Å²) in [6, 6.07) is 3.67. The van der Waals surface area contributed by atoms with E-state index in [2.05, 4.69) is 9.97 Å². The van der Waals surface area contributed by atoms with Crippen LogP contribution in [0.5, 0.6) is 0 Å². The summed E-state index contributed by atoms with van der Waals surface area (Å²) in [4.78, 5) is 24.7. The zero-order chi connectivity index (χ0) is 14.7. The maximum atomic E-state index is 12.6. The highest BCUT2D eigenvalue weighted by Gasteiger charge is 2.20. The van der Waals surface area contributed by atoms with Crippen LogP contribution in [0.25, 0.3) is 0 Å². The first-order valence-corrected chi connectivity index (χ1v) is 7.28. The molecule has 0 spiro atoms. The molecule has 0 bridgehead atoms. The number of hydrogen-bond donors (Lipinski definition) is 0. The molecular weight excluding hydrogens is 272 g/mol. The predicted octanol–water partition coefficient (Wildman–Crippen LogP) is 2.58. The smallest absolute Gasteiger partial charge is 0.278 e. The van der Waals surface area contributed by atoms with Gasteiger partial charge in [-0.15, -0.1) is 11.3 Å². The fourth-order valence-corrected chi connectivity index (χ4v) is 2.65. The van der Waals surface area contributed by atoms with E-state index in [1.54, 1.807) is 17.2 Å². The van der Waals surface area contributed by atoms with Gasteiger partial charge in [0, 0.05) is 37.9 Å². The van der Waals surface area contributed by atoms with Crippen molar-refractivity contribution in [2.75, 3.05) is 30.4 Å². The molecule has 0 unspecified atom stereocenters. The van der Waals surface area contributed by atoms with Gasteiger partial charge in [-0.1, -0.05) is 0 Å². The molecular formula is C14H18N4OS. The summed E-state index contributed by atoms with van der Waals surface area (Å²) in [6.45, 7) is 4.42. The SMILES string of the molecule is CCN(C(=O)c1cc(N(C)C)ccn1)c1nc(C)cs1. The third-order valence-corrected chi connectivity index (χ3v) is 3.86. The normalized spacial score (nSPS) is 10.4. The van der Waals surface area contributed by atoms with Crippen LogP contribution in [0.3, 0.4) is 0 Å². The Morgan fingerprint density at radius 3 is 2.70 bits per heavy atom. The Morgan fingerprint density at radius 2 is 2.15 bits per heavy atom. The average molecular weight is 290 g/mol. The van der Waals surface area contributed by atoms with E-state index in [4.69, 9.17) is 0 Å². The van der Waals surface area contributed by atoms with Crippen molar-refractivity contribution < 1.29 is 4.79 Å². The van der Waals surface area contributed by atoms with Crippen LogP contribution in [0.15, 0.2) is 23.7 Å². The van der Waals surface area contributed by atoms with Crippen LogP contribution in [0.4, 0.5) is 10.8 Å². The Labute approximate surface area is 122 Å². The number of carbonyl (C=O) groups excluding carboxylic acids is 1. The molecule has 1 amide bonds. The van der Waals surface area contributed by atoms with Gasteiger partial charge in [-0.25, -0.2) is 4.98 Å². The number of nitrogens with zero attached hydrogens (tertiary/aromatic N) is 4.